The van der Waals surface area contributed by atoms with Crippen LogP contribution in [0.15, 0.2) is 12.2 Å². The molecule has 0 bridgehead atoms. The monoisotopic (exact) mass is 458 g/mol. The van der Waals surface area contributed by atoms with E-state index in [1.165, 1.54) is 64.2 Å². The smallest absolute Gasteiger partial charge is 0.192 e. The molecular formula is C26H54O4Si. The Labute approximate surface area is 194 Å². The molecule has 0 saturated carbocycles. The van der Waals surface area contributed by atoms with Crippen LogP contribution < -0.4 is 0 Å². The van der Waals surface area contributed by atoms with Crippen molar-refractivity contribution in [2.75, 3.05) is 6.61 Å². The van der Waals surface area contributed by atoms with Gasteiger partial charge in [0.1, 0.15) is 6.10 Å². The molecule has 0 heterocycles. The van der Waals surface area contributed by atoms with Crippen molar-refractivity contribution < 1.29 is 19.7 Å². The second kappa shape index (κ2) is 17.3. The van der Waals surface area contributed by atoms with Crippen LogP contribution in [0.2, 0.25) is 18.1 Å². The Morgan fingerprint density at radius 1 is 0.839 bits per heavy atom. The number of hydrogen-bond acceptors (Lipinski definition) is 4. The van der Waals surface area contributed by atoms with Crippen molar-refractivity contribution >= 4 is 8.32 Å². The summed E-state index contributed by atoms with van der Waals surface area (Å²) >= 11 is 0. The molecule has 31 heavy (non-hydrogen) atoms. The van der Waals surface area contributed by atoms with Crippen LogP contribution in [0.1, 0.15) is 111 Å². The summed E-state index contributed by atoms with van der Waals surface area (Å²) in [6, 6.07) is 0. The van der Waals surface area contributed by atoms with Gasteiger partial charge in [0.15, 0.2) is 8.32 Å². The zero-order valence-electron chi connectivity index (χ0n) is 21.5. The highest BCUT2D eigenvalue weighted by Gasteiger charge is 2.40. The van der Waals surface area contributed by atoms with Crippen LogP contribution >= 0.6 is 0 Å². The number of unbranched alkanes of at least 4 members (excludes halogenated alkanes) is 10. The maximum absolute atomic E-state index is 10.4. The summed E-state index contributed by atoms with van der Waals surface area (Å²) in [6.07, 6.45) is 17.6. The van der Waals surface area contributed by atoms with E-state index in [4.69, 9.17) is 4.43 Å². The van der Waals surface area contributed by atoms with Gasteiger partial charge >= 0.3 is 0 Å². The van der Waals surface area contributed by atoms with Crippen LogP contribution in [-0.4, -0.2) is 48.6 Å². The van der Waals surface area contributed by atoms with E-state index in [0.29, 0.717) is 12.8 Å². The summed E-state index contributed by atoms with van der Waals surface area (Å²) in [7, 11) is -2.09. The van der Waals surface area contributed by atoms with Gasteiger partial charge in [0.05, 0.1) is 18.8 Å². The minimum absolute atomic E-state index is 0.0142. The Hall–Kier alpha value is -0.203. The SMILES string of the molecule is CCCCCCCCCCCC/C=C/C[C@@H](O)C[C@H](O[Si](C)(C)C(C)(C)C)[C@H](O)CO. The minimum Gasteiger partial charge on any atom is -0.411 e. The highest BCUT2D eigenvalue weighted by Crippen LogP contribution is 2.38. The second-order valence-electron chi connectivity index (χ2n) is 10.7. The highest BCUT2D eigenvalue weighted by molar-refractivity contribution is 6.74. The van der Waals surface area contributed by atoms with Gasteiger partial charge in [-0.1, -0.05) is 97.6 Å². The molecule has 0 aromatic carbocycles. The Bertz CT molecular complexity index is 445. The van der Waals surface area contributed by atoms with E-state index >= 15 is 0 Å². The van der Waals surface area contributed by atoms with Crippen molar-refractivity contribution in [2.45, 2.75) is 148 Å². The van der Waals surface area contributed by atoms with E-state index in [-0.39, 0.29) is 11.6 Å². The molecule has 0 fully saturated rings. The summed E-state index contributed by atoms with van der Waals surface area (Å²) in [4.78, 5) is 0. The number of allylic oxidation sites excluding steroid dienone is 1. The van der Waals surface area contributed by atoms with Crippen molar-refractivity contribution in [3.63, 3.8) is 0 Å². The van der Waals surface area contributed by atoms with Gasteiger partial charge in [0, 0.05) is 6.42 Å². The molecule has 0 aliphatic carbocycles. The van der Waals surface area contributed by atoms with Crippen LogP contribution in [0.3, 0.4) is 0 Å². The first-order chi connectivity index (χ1) is 14.5. The Balaban J connectivity index is 4.07. The van der Waals surface area contributed by atoms with Gasteiger partial charge in [-0.2, -0.15) is 0 Å². The van der Waals surface area contributed by atoms with Crippen LogP contribution in [0, 0.1) is 0 Å². The van der Waals surface area contributed by atoms with Crippen LogP contribution in [0.5, 0.6) is 0 Å². The molecule has 0 aliphatic rings. The molecule has 5 heteroatoms. The topological polar surface area (TPSA) is 69.9 Å². The van der Waals surface area contributed by atoms with Crippen molar-refractivity contribution in [1.29, 1.82) is 0 Å². The fourth-order valence-corrected chi connectivity index (χ4v) is 4.81. The third-order valence-corrected chi connectivity index (χ3v) is 11.2. The molecule has 0 spiro atoms. The first-order valence-electron chi connectivity index (χ1n) is 12.8. The van der Waals surface area contributed by atoms with Crippen molar-refractivity contribution in [2.24, 2.45) is 0 Å². The summed E-state index contributed by atoms with van der Waals surface area (Å²) < 4.78 is 6.29. The maximum Gasteiger partial charge on any atom is 0.192 e. The van der Waals surface area contributed by atoms with E-state index in [9.17, 15) is 15.3 Å². The largest absolute Gasteiger partial charge is 0.411 e. The first-order valence-corrected chi connectivity index (χ1v) is 15.8. The first kappa shape index (κ1) is 30.8. The third kappa shape index (κ3) is 15.3. The molecule has 0 aliphatic heterocycles. The number of rotatable bonds is 19. The van der Waals surface area contributed by atoms with Gasteiger partial charge in [0.2, 0.25) is 0 Å². The predicted molar refractivity (Wildman–Crippen MR) is 136 cm³/mol. The van der Waals surface area contributed by atoms with E-state index in [1.54, 1.807) is 0 Å². The molecule has 186 valence electrons. The molecule has 0 unspecified atom stereocenters. The Morgan fingerprint density at radius 3 is 1.84 bits per heavy atom. The summed E-state index contributed by atoms with van der Waals surface area (Å²) in [5.41, 5.74) is 0. The summed E-state index contributed by atoms with van der Waals surface area (Å²) in [5.74, 6) is 0. The maximum atomic E-state index is 10.4. The summed E-state index contributed by atoms with van der Waals surface area (Å²) in [5, 5.41) is 30.1. The Morgan fingerprint density at radius 2 is 1.35 bits per heavy atom. The van der Waals surface area contributed by atoms with Gasteiger partial charge in [-0.05, 0) is 37.4 Å². The molecule has 3 N–H and O–H groups in total. The normalized spacial score (nSPS) is 16.0. The van der Waals surface area contributed by atoms with E-state index in [2.05, 4.69) is 46.9 Å². The molecule has 0 saturated heterocycles. The average Bonchev–Trinajstić information content (AvgIpc) is 2.69. The standard InChI is InChI=1S/C26H54O4Si/c1-7-8-9-10-11-12-13-14-15-16-17-18-19-20-23(28)21-25(24(29)22-27)30-31(5,6)26(2,3)4/h18-19,23-25,27-29H,7-17,20-22H2,1-6H3/b19-18+/t23-,24-,25+/m1/s1. The average molecular weight is 459 g/mol. The van der Waals surface area contributed by atoms with Crippen LogP contribution in [0.25, 0.3) is 0 Å². The molecule has 0 amide bonds. The number of aliphatic hydroxyl groups is 3. The molecule has 4 nitrogen and oxygen atoms in total. The molecule has 0 aromatic heterocycles. The van der Waals surface area contributed by atoms with Gasteiger partial charge in [-0.15, -0.1) is 0 Å². The van der Waals surface area contributed by atoms with Crippen molar-refractivity contribution in [1.82, 2.24) is 0 Å². The van der Waals surface area contributed by atoms with Crippen LogP contribution in [0.4, 0.5) is 0 Å². The van der Waals surface area contributed by atoms with Gasteiger partial charge in [-0.25, -0.2) is 0 Å². The van der Waals surface area contributed by atoms with E-state index in [0.717, 1.165) is 6.42 Å². The highest BCUT2D eigenvalue weighted by atomic mass is 28.4. The number of aliphatic hydroxyl groups excluding tert-OH is 3. The second-order valence-corrected chi connectivity index (χ2v) is 15.5. The zero-order chi connectivity index (χ0) is 23.8. The lowest BCUT2D eigenvalue weighted by Crippen LogP contribution is -2.48. The van der Waals surface area contributed by atoms with Gasteiger partial charge < -0.3 is 19.7 Å². The Kier molecular flexibility index (Phi) is 17.2. The lowest BCUT2D eigenvalue weighted by Gasteiger charge is -2.40. The van der Waals surface area contributed by atoms with Crippen molar-refractivity contribution in [3.8, 4) is 0 Å². The molecular weight excluding hydrogens is 404 g/mol. The molecule has 0 aromatic rings. The minimum atomic E-state index is -2.09. The van der Waals surface area contributed by atoms with E-state index < -0.39 is 26.6 Å². The fourth-order valence-electron chi connectivity index (χ4n) is 3.44. The molecule has 0 radical (unpaired) electrons. The lowest BCUT2D eigenvalue weighted by atomic mass is 10.0. The van der Waals surface area contributed by atoms with Gasteiger partial charge in [-0.3, -0.25) is 0 Å². The predicted octanol–water partition coefficient (Wildman–Crippen LogP) is 6.74. The fraction of sp³-hybridized carbons (Fsp3) is 0.923. The number of hydrogen-bond donors (Lipinski definition) is 3. The van der Waals surface area contributed by atoms with E-state index in [1.807, 2.05) is 6.08 Å². The summed E-state index contributed by atoms with van der Waals surface area (Å²) in [6.45, 7) is 12.6. The third-order valence-electron chi connectivity index (χ3n) is 6.67. The molecule has 3 atom stereocenters. The van der Waals surface area contributed by atoms with Crippen molar-refractivity contribution in [3.05, 3.63) is 12.2 Å². The quantitative estimate of drug-likeness (QED) is 0.114. The lowest BCUT2D eigenvalue weighted by molar-refractivity contribution is -0.0291. The molecule has 0 rings (SSSR count). The van der Waals surface area contributed by atoms with Gasteiger partial charge in [0.25, 0.3) is 0 Å². The zero-order valence-corrected chi connectivity index (χ0v) is 22.5. The van der Waals surface area contributed by atoms with Crippen LogP contribution in [-0.2, 0) is 4.43 Å².